The fourth-order valence-corrected chi connectivity index (χ4v) is 4.06. The highest BCUT2D eigenvalue weighted by Gasteiger charge is 2.24. The number of nitrogens with two attached hydrogens (primary N) is 1. The lowest BCUT2D eigenvalue weighted by Crippen LogP contribution is -2.49. The van der Waals surface area contributed by atoms with Gasteiger partial charge in [0.1, 0.15) is 17.7 Å². The third-order valence-corrected chi connectivity index (χ3v) is 6.02. The van der Waals surface area contributed by atoms with Gasteiger partial charge in [-0.3, -0.25) is 5.43 Å². The number of carbonyl (C=O) groups excluding carboxylic acids is 1. The van der Waals surface area contributed by atoms with Crippen LogP contribution in [0.5, 0.6) is 11.5 Å². The SMILES string of the molecule is CCCCCCCCCCC(CCOc1ccc(O)cc1)C(CC)OC(CC)NNC(N)=O. The Balaban J connectivity index is 2.58. The van der Waals surface area contributed by atoms with Crippen LogP contribution in [-0.2, 0) is 4.74 Å². The summed E-state index contributed by atoms with van der Waals surface area (Å²) >= 11 is 0. The van der Waals surface area contributed by atoms with Gasteiger partial charge in [-0.15, -0.1) is 0 Å². The van der Waals surface area contributed by atoms with Crippen LogP contribution >= 0.6 is 0 Å². The molecule has 0 aromatic heterocycles. The molecule has 0 fully saturated rings. The van der Waals surface area contributed by atoms with Crippen molar-refractivity contribution in [1.82, 2.24) is 10.9 Å². The van der Waals surface area contributed by atoms with Crippen molar-refractivity contribution >= 4 is 6.03 Å². The van der Waals surface area contributed by atoms with E-state index in [4.69, 9.17) is 15.2 Å². The molecule has 0 spiro atoms. The van der Waals surface area contributed by atoms with Crippen LogP contribution in [0.2, 0.25) is 0 Å². The Morgan fingerprint density at radius 3 is 2.15 bits per heavy atom. The zero-order valence-corrected chi connectivity index (χ0v) is 21.0. The first-order valence-electron chi connectivity index (χ1n) is 12.9. The summed E-state index contributed by atoms with van der Waals surface area (Å²) in [4.78, 5) is 11.1. The molecule has 0 radical (unpaired) electrons. The van der Waals surface area contributed by atoms with E-state index in [-0.39, 0.29) is 18.1 Å². The minimum Gasteiger partial charge on any atom is -0.508 e. The molecule has 33 heavy (non-hydrogen) atoms. The monoisotopic (exact) mass is 465 g/mol. The van der Waals surface area contributed by atoms with E-state index < -0.39 is 6.03 Å². The molecule has 0 saturated heterocycles. The Morgan fingerprint density at radius 2 is 1.58 bits per heavy atom. The van der Waals surface area contributed by atoms with Gasteiger partial charge in [0.25, 0.3) is 0 Å². The highest BCUT2D eigenvalue weighted by molar-refractivity contribution is 5.70. The lowest BCUT2D eigenvalue weighted by molar-refractivity contribution is -0.0704. The summed E-state index contributed by atoms with van der Waals surface area (Å²) in [7, 11) is 0. The quantitative estimate of drug-likeness (QED) is 0.107. The molecule has 1 rings (SSSR count). The van der Waals surface area contributed by atoms with Crippen LogP contribution in [0.4, 0.5) is 4.79 Å². The van der Waals surface area contributed by atoms with Crippen molar-refractivity contribution in [2.75, 3.05) is 6.61 Å². The van der Waals surface area contributed by atoms with Crippen LogP contribution in [0.25, 0.3) is 0 Å². The first kappa shape index (κ1) is 29.0. The first-order chi connectivity index (χ1) is 16.0. The predicted molar refractivity (Wildman–Crippen MR) is 134 cm³/mol. The minimum atomic E-state index is -0.622. The number of hydrogen-bond donors (Lipinski definition) is 4. The van der Waals surface area contributed by atoms with Crippen LogP contribution in [-0.4, -0.2) is 30.1 Å². The number of hydrazine groups is 1. The number of urea groups is 1. The standard InChI is InChI=1S/C26H47N3O4/c1-4-7-8-9-10-11-12-13-14-21(19-20-32-23-17-15-22(30)16-18-23)24(5-2)33-25(6-3)28-29-26(27)31/h15-18,21,24-25,28,30H,4-14,19-20H2,1-3H3,(H3,27,29,31). The maximum atomic E-state index is 11.1. The average molecular weight is 466 g/mol. The van der Waals surface area contributed by atoms with Crippen molar-refractivity contribution in [2.45, 2.75) is 110 Å². The number of carbonyl (C=O) groups is 1. The zero-order chi connectivity index (χ0) is 24.3. The van der Waals surface area contributed by atoms with E-state index >= 15 is 0 Å². The number of benzene rings is 1. The number of unbranched alkanes of at least 4 members (excludes halogenated alkanes) is 7. The molecule has 0 aliphatic carbocycles. The van der Waals surface area contributed by atoms with Gasteiger partial charge in [-0.25, -0.2) is 10.2 Å². The molecule has 3 unspecified atom stereocenters. The minimum absolute atomic E-state index is 0.0603. The second kappa shape index (κ2) is 18.4. The molecule has 1 aromatic rings. The Bertz CT molecular complexity index is 612. The second-order valence-corrected chi connectivity index (χ2v) is 8.77. The summed E-state index contributed by atoms with van der Waals surface area (Å²) in [5.74, 6) is 1.35. The fraction of sp³-hybridized carbons (Fsp3) is 0.731. The third kappa shape index (κ3) is 14.0. The maximum Gasteiger partial charge on any atom is 0.326 e. The van der Waals surface area contributed by atoms with Crippen LogP contribution in [0, 0.1) is 5.92 Å². The Labute approximate surface area is 200 Å². The molecule has 0 aliphatic heterocycles. The zero-order valence-electron chi connectivity index (χ0n) is 21.0. The van der Waals surface area contributed by atoms with Gasteiger partial charge in [0.2, 0.25) is 0 Å². The molecule has 5 N–H and O–H groups in total. The van der Waals surface area contributed by atoms with Crippen LogP contribution in [0.3, 0.4) is 0 Å². The molecule has 0 bridgehead atoms. The van der Waals surface area contributed by atoms with Gasteiger partial charge in [0, 0.05) is 0 Å². The molecule has 7 nitrogen and oxygen atoms in total. The van der Waals surface area contributed by atoms with E-state index in [1.54, 1.807) is 24.3 Å². The summed E-state index contributed by atoms with van der Waals surface area (Å²) in [6.45, 7) is 6.99. The molecule has 190 valence electrons. The van der Waals surface area contributed by atoms with Gasteiger partial charge in [-0.2, -0.15) is 0 Å². The molecule has 3 atom stereocenters. The van der Waals surface area contributed by atoms with Gasteiger partial charge in [0.15, 0.2) is 0 Å². The van der Waals surface area contributed by atoms with Crippen LogP contribution in [0.15, 0.2) is 24.3 Å². The normalized spacial score (nSPS) is 13.9. The van der Waals surface area contributed by atoms with Crippen LogP contribution < -0.4 is 21.3 Å². The number of amides is 2. The molecular formula is C26H47N3O4. The summed E-state index contributed by atoms with van der Waals surface area (Å²) < 4.78 is 12.3. The summed E-state index contributed by atoms with van der Waals surface area (Å²) in [6.07, 6.45) is 13.7. The Kier molecular flexibility index (Phi) is 16.2. The lowest BCUT2D eigenvalue weighted by atomic mass is 9.90. The van der Waals surface area contributed by atoms with E-state index in [0.29, 0.717) is 18.9 Å². The predicted octanol–water partition coefficient (Wildman–Crippen LogP) is 6.01. The largest absolute Gasteiger partial charge is 0.508 e. The number of phenols is 1. The molecule has 2 amide bonds. The van der Waals surface area contributed by atoms with E-state index in [9.17, 15) is 9.90 Å². The van der Waals surface area contributed by atoms with E-state index in [0.717, 1.165) is 25.0 Å². The summed E-state index contributed by atoms with van der Waals surface area (Å²) in [5, 5.41) is 9.45. The maximum absolute atomic E-state index is 11.1. The molecule has 0 aliphatic rings. The second-order valence-electron chi connectivity index (χ2n) is 8.77. The van der Waals surface area contributed by atoms with E-state index in [2.05, 4.69) is 24.7 Å². The average Bonchev–Trinajstić information content (AvgIpc) is 2.81. The van der Waals surface area contributed by atoms with Crippen LogP contribution in [0.1, 0.15) is 97.8 Å². The molecule has 0 saturated carbocycles. The molecule has 0 heterocycles. The van der Waals surface area contributed by atoms with Crippen molar-refractivity contribution in [3.05, 3.63) is 24.3 Å². The van der Waals surface area contributed by atoms with Gasteiger partial charge >= 0.3 is 6.03 Å². The Morgan fingerprint density at radius 1 is 0.939 bits per heavy atom. The third-order valence-electron chi connectivity index (χ3n) is 6.02. The van der Waals surface area contributed by atoms with Crippen molar-refractivity contribution in [3.8, 4) is 11.5 Å². The number of hydrogen-bond acceptors (Lipinski definition) is 5. The summed E-state index contributed by atoms with van der Waals surface area (Å²) in [6, 6.07) is 6.21. The number of primary amides is 1. The number of ether oxygens (including phenoxy) is 2. The Hall–Kier alpha value is -1.99. The highest BCUT2D eigenvalue weighted by atomic mass is 16.5. The topological polar surface area (TPSA) is 106 Å². The van der Waals surface area contributed by atoms with Crippen molar-refractivity contribution in [1.29, 1.82) is 0 Å². The number of rotatable bonds is 20. The first-order valence-corrected chi connectivity index (χ1v) is 12.9. The van der Waals surface area contributed by atoms with Crippen molar-refractivity contribution in [2.24, 2.45) is 11.7 Å². The lowest BCUT2D eigenvalue weighted by Gasteiger charge is -2.30. The fourth-order valence-electron chi connectivity index (χ4n) is 4.06. The van der Waals surface area contributed by atoms with Gasteiger partial charge in [-0.1, -0.05) is 72.1 Å². The van der Waals surface area contributed by atoms with E-state index in [1.807, 2.05) is 6.92 Å². The smallest absolute Gasteiger partial charge is 0.326 e. The van der Waals surface area contributed by atoms with Gasteiger partial charge in [0.05, 0.1) is 12.7 Å². The number of aromatic hydroxyl groups is 1. The van der Waals surface area contributed by atoms with Gasteiger partial charge in [-0.05, 0) is 55.9 Å². The highest BCUT2D eigenvalue weighted by Crippen LogP contribution is 2.25. The van der Waals surface area contributed by atoms with E-state index in [1.165, 1.54) is 51.4 Å². The summed E-state index contributed by atoms with van der Waals surface area (Å²) in [5.41, 5.74) is 10.5. The number of phenolic OH excluding ortho intramolecular Hbond substituents is 1. The van der Waals surface area contributed by atoms with Gasteiger partial charge < -0.3 is 20.3 Å². The number of nitrogens with one attached hydrogen (secondary N) is 2. The molecule has 1 aromatic carbocycles. The molecular weight excluding hydrogens is 418 g/mol. The van der Waals surface area contributed by atoms with Crippen molar-refractivity contribution in [3.63, 3.8) is 0 Å². The van der Waals surface area contributed by atoms with Crippen molar-refractivity contribution < 1.29 is 19.4 Å². The molecule has 7 heteroatoms.